The van der Waals surface area contributed by atoms with Gasteiger partial charge in [-0.25, -0.2) is 4.79 Å². The maximum absolute atomic E-state index is 11.7. The molecule has 4 nitrogen and oxygen atoms in total. The SMILES string of the molecule is Cc1c(C(=O)O)c2ccccc2n1C(C)c1ccccc1C#N. The molecule has 3 rings (SSSR count). The molecule has 0 aliphatic rings. The summed E-state index contributed by atoms with van der Waals surface area (Å²) >= 11 is 0. The summed E-state index contributed by atoms with van der Waals surface area (Å²) in [7, 11) is 0. The van der Waals surface area contributed by atoms with Gasteiger partial charge in [0, 0.05) is 16.6 Å². The summed E-state index contributed by atoms with van der Waals surface area (Å²) in [4.78, 5) is 11.7. The molecule has 0 aliphatic carbocycles. The van der Waals surface area contributed by atoms with E-state index in [0.717, 1.165) is 16.5 Å². The normalized spacial score (nSPS) is 12.0. The molecule has 3 aromatic rings. The van der Waals surface area contributed by atoms with Gasteiger partial charge in [-0.05, 0) is 31.5 Å². The highest BCUT2D eigenvalue weighted by molar-refractivity contribution is 6.05. The van der Waals surface area contributed by atoms with Crippen LogP contribution in [0.5, 0.6) is 0 Å². The van der Waals surface area contributed by atoms with Crippen molar-refractivity contribution in [3.05, 3.63) is 70.9 Å². The molecule has 0 saturated carbocycles. The van der Waals surface area contributed by atoms with Gasteiger partial charge in [-0.15, -0.1) is 0 Å². The van der Waals surface area contributed by atoms with Gasteiger partial charge in [-0.2, -0.15) is 5.26 Å². The summed E-state index contributed by atoms with van der Waals surface area (Å²) in [5.74, 6) is -0.932. The van der Waals surface area contributed by atoms with E-state index in [2.05, 4.69) is 6.07 Å². The zero-order valence-electron chi connectivity index (χ0n) is 12.9. The molecule has 0 fully saturated rings. The number of carboxylic acids is 1. The molecular formula is C19H16N2O2. The first-order chi connectivity index (χ1) is 11.1. The highest BCUT2D eigenvalue weighted by atomic mass is 16.4. The van der Waals surface area contributed by atoms with E-state index < -0.39 is 5.97 Å². The lowest BCUT2D eigenvalue weighted by molar-refractivity contribution is 0.0698. The maximum atomic E-state index is 11.7. The molecule has 0 spiro atoms. The summed E-state index contributed by atoms with van der Waals surface area (Å²) in [6.45, 7) is 3.80. The van der Waals surface area contributed by atoms with Crippen LogP contribution < -0.4 is 0 Å². The van der Waals surface area contributed by atoms with Crippen molar-refractivity contribution in [1.82, 2.24) is 4.57 Å². The number of benzene rings is 2. The average Bonchev–Trinajstić information content (AvgIpc) is 2.86. The smallest absolute Gasteiger partial charge is 0.338 e. The quantitative estimate of drug-likeness (QED) is 0.791. The lowest BCUT2D eigenvalue weighted by Crippen LogP contribution is -2.11. The Balaban J connectivity index is 2.30. The second-order valence-corrected chi connectivity index (χ2v) is 5.53. The molecule has 0 bridgehead atoms. The summed E-state index contributed by atoms with van der Waals surface area (Å²) in [6.07, 6.45) is 0. The standard InChI is InChI=1S/C19H16N2O2/c1-12(15-8-4-3-7-14(15)11-20)21-13(2)18(19(22)23)16-9-5-6-10-17(16)21/h3-10,12H,1-2H3,(H,22,23). The van der Waals surface area contributed by atoms with Gasteiger partial charge in [0.05, 0.1) is 23.2 Å². The first kappa shape index (κ1) is 14.9. The topological polar surface area (TPSA) is 66.0 Å². The number of rotatable bonds is 3. The molecule has 1 unspecified atom stereocenters. The average molecular weight is 304 g/mol. The first-order valence-electron chi connectivity index (χ1n) is 7.38. The Kier molecular flexibility index (Phi) is 3.63. The maximum Gasteiger partial charge on any atom is 0.338 e. The van der Waals surface area contributed by atoms with Gasteiger partial charge >= 0.3 is 5.97 Å². The zero-order chi connectivity index (χ0) is 16.6. The molecule has 114 valence electrons. The molecule has 1 atom stereocenters. The van der Waals surface area contributed by atoms with Crippen LogP contribution in [0.25, 0.3) is 10.9 Å². The van der Waals surface area contributed by atoms with Crippen molar-refractivity contribution in [2.75, 3.05) is 0 Å². The fourth-order valence-corrected chi connectivity index (χ4v) is 3.26. The van der Waals surface area contributed by atoms with Crippen LogP contribution in [0.3, 0.4) is 0 Å². The molecule has 0 amide bonds. The molecule has 2 aromatic carbocycles. The van der Waals surface area contributed by atoms with E-state index in [-0.39, 0.29) is 6.04 Å². The largest absolute Gasteiger partial charge is 0.478 e. The van der Waals surface area contributed by atoms with Crippen molar-refractivity contribution < 1.29 is 9.90 Å². The van der Waals surface area contributed by atoms with Gasteiger partial charge in [0.15, 0.2) is 0 Å². The third-order valence-electron chi connectivity index (χ3n) is 4.29. The number of aromatic nitrogens is 1. The van der Waals surface area contributed by atoms with Crippen LogP contribution in [0.2, 0.25) is 0 Å². The fraction of sp³-hybridized carbons (Fsp3) is 0.158. The molecular weight excluding hydrogens is 288 g/mol. The Bertz CT molecular complexity index is 948. The van der Waals surface area contributed by atoms with E-state index in [1.807, 2.05) is 60.9 Å². The van der Waals surface area contributed by atoms with E-state index >= 15 is 0 Å². The molecule has 4 heteroatoms. The van der Waals surface area contributed by atoms with Crippen LogP contribution in [0, 0.1) is 18.3 Å². The van der Waals surface area contributed by atoms with Crippen molar-refractivity contribution >= 4 is 16.9 Å². The van der Waals surface area contributed by atoms with Gasteiger partial charge in [0.1, 0.15) is 0 Å². The van der Waals surface area contributed by atoms with Crippen molar-refractivity contribution in [1.29, 1.82) is 5.26 Å². The number of nitriles is 1. The Morgan fingerprint density at radius 2 is 1.83 bits per heavy atom. The number of fused-ring (bicyclic) bond motifs is 1. The number of hydrogen-bond acceptors (Lipinski definition) is 2. The second-order valence-electron chi connectivity index (χ2n) is 5.53. The molecule has 23 heavy (non-hydrogen) atoms. The first-order valence-corrected chi connectivity index (χ1v) is 7.38. The minimum atomic E-state index is -0.932. The lowest BCUT2D eigenvalue weighted by Gasteiger charge is -2.19. The Labute approximate surface area is 134 Å². The zero-order valence-corrected chi connectivity index (χ0v) is 12.9. The number of aromatic carboxylic acids is 1. The number of carboxylic acid groups (broad SMARTS) is 1. The molecule has 1 heterocycles. The minimum absolute atomic E-state index is 0.135. The summed E-state index contributed by atoms with van der Waals surface area (Å²) in [5, 5.41) is 19.6. The third-order valence-corrected chi connectivity index (χ3v) is 4.29. The fourth-order valence-electron chi connectivity index (χ4n) is 3.26. The highest BCUT2D eigenvalue weighted by Crippen LogP contribution is 2.32. The predicted molar refractivity (Wildman–Crippen MR) is 88.6 cm³/mol. The van der Waals surface area contributed by atoms with E-state index in [9.17, 15) is 15.2 Å². The van der Waals surface area contributed by atoms with Crippen molar-refractivity contribution in [2.24, 2.45) is 0 Å². The van der Waals surface area contributed by atoms with Crippen LogP contribution in [0.4, 0.5) is 0 Å². The van der Waals surface area contributed by atoms with Crippen LogP contribution in [-0.2, 0) is 0 Å². The number of nitrogens with zero attached hydrogens (tertiary/aromatic N) is 2. The van der Waals surface area contributed by atoms with Crippen molar-refractivity contribution in [2.45, 2.75) is 19.9 Å². The molecule has 1 N–H and O–H groups in total. The van der Waals surface area contributed by atoms with E-state index in [4.69, 9.17) is 0 Å². The highest BCUT2D eigenvalue weighted by Gasteiger charge is 2.23. The van der Waals surface area contributed by atoms with Gasteiger partial charge in [0.25, 0.3) is 0 Å². The molecule has 0 saturated heterocycles. The summed E-state index contributed by atoms with van der Waals surface area (Å²) in [5.41, 5.74) is 3.37. The van der Waals surface area contributed by atoms with E-state index in [1.165, 1.54) is 0 Å². The van der Waals surface area contributed by atoms with E-state index in [0.29, 0.717) is 16.8 Å². The van der Waals surface area contributed by atoms with Crippen LogP contribution in [0.1, 0.15) is 40.1 Å². The van der Waals surface area contributed by atoms with Crippen LogP contribution in [-0.4, -0.2) is 15.6 Å². The number of carbonyl (C=O) groups is 1. The second kappa shape index (κ2) is 5.62. The molecule has 0 aliphatic heterocycles. The minimum Gasteiger partial charge on any atom is -0.478 e. The van der Waals surface area contributed by atoms with E-state index in [1.54, 1.807) is 6.07 Å². The van der Waals surface area contributed by atoms with Crippen molar-refractivity contribution in [3.8, 4) is 6.07 Å². The monoisotopic (exact) mass is 304 g/mol. The van der Waals surface area contributed by atoms with Gasteiger partial charge in [-0.3, -0.25) is 0 Å². The van der Waals surface area contributed by atoms with Gasteiger partial charge in [-0.1, -0.05) is 36.4 Å². The molecule has 0 radical (unpaired) electrons. The van der Waals surface area contributed by atoms with Crippen molar-refractivity contribution in [3.63, 3.8) is 0 Å². The predicted octanol–water partition coefficient (Wildman–Crippen LogP) is 4.13. The number of hydrogen-bond donors (Lipinski definition) is 1. The molecule has 1 aromatic heterocycles. The van der Waals surface area contributed by atoms with Gasteiger partial charge in [0.2, 0.25) is 0 Å². The Morgan fingerprint density at radius 3 is 2.52 bits per heavy atom. The van der Waals surface area contributed by atoms with Gasteiger partial charge < -0.3 is 9.67 Å². The lowest BCUT2D eigenvalue weighted by atomic mass is 10.0. The van der Waals surface area contributed by atoms with Crippen LogP contribution >= 0.6 is 0 Å². The third kappa shape index (κ3) is 2.27. The summed E-state index contributed by atoms with van der Waals surface area (Å²) < 4.78 is 2.00. The Hall–Kier alpha value is -3.06. The summed E-state index contributed by atoms with van der Waals surface area (Å²) in [6, 6.07) is 17.0. The number of para-hydroxylation sites is 1. The Morgan fingerprint density at radius 1 is 1.17 bits per heavy atom. The van der Waals surface area contributed by atoms with Crippen LogP contribution in [0.15, 0.2) is 48.5 Å².